The molecule has 0 amide bonds. The fourth-order valence-electron chi connectivity index (χ4n) is 2.46. The van der Waals surface area contributed by atoms with Crippen LogP contribution in [0.5, 0.6) is 0 Å². The molecule has 0 heterocycles. The number of carboxylic acid groups (broad SMARTS) is 1. The van der Waals surface area contributed by atoms with Gasteiger partial charge in [0.05, 0.1) is 6.61 Å². The smallest absolute Gasteiger partial charge is 0.335 e. The minimum Gasteiger partial charge on any atom is -0.479 e. The first-order valence-electron chi connectivity index (χ1n) is 6.60. The highest BCUT2D eigenvalue weighted by molar-refractivity contribution is 5.77. The number of carboxylic acids is 1. The summed E-state index contributed by atoms with van der Waals surface area (Å²) in [4.78, 5) is 11.4. The first-order valence-corrected chi connectivity index (χ1v) is 6.60. The molecule has 0 aromatic rings. The molecular formula is C13H22O3. The number of carbonyl (C=O) groups is 1. The molecule has 0 spiro atoms. The van der Waals surface area contributed by atoms with Crippen LogP contribution in [0.15, 0.2) is 0 Å². The van der Waals surface area contributed by atoms with Gasteiger partial charge in [0.2, 0.25) is 0 Å². The summed E-state index contributed by atoms with van der Waals surface area (Å²) in [5.41, 5.74) is -0.858. The molecular weight excluding hydrogens is 204 g/mol. The highest BCUT2D eigenvalue weighted by Crippen LogP contribution is 2.35. The van der Waals surface area contributed by atoms with Crippen molar-refractivity contribution < 1.29 is 14.6 Å². The zero-order valence-electron chi connectivity index (χ0n) is 9.91. The van der Waals surface area contributed by atoms with Crippen molar-refractivity contribution in [3.63, 3.8) is 0 Å². The Kier molecular flexibility index (Phi) is 3.85. The van der Waals surface area contributed by atoms with Gasteiger partial charge < -0.3 is 9.84 Å². The molecule has 3 heteroatoms. The fourth-order valence-corrected chi connectivity index (χ4v) is 2.46. The summed E-state index contributed by atoms with van der Waals surface area (Å²) in [5, 5.41) is 9.41. The Balaban J connectivity index is 1.95. The lowest BCUT2D eigenvalue weighted by Crippen LogP contribution is -2.42. The zero-order valence-corrected chi connectivity index (χ0v) is 9.91. The maximum Gasteiger partial charge on any atom is 0.335 e. The Morgan fingerprint density at radius 2 is 1.69 bits per heavy atom. The lowest BCUT2D eigenvalue weighted by molar-refractivity contribution is -0.170. The van der Waals surface area contributed by atoms with Crippen molar-refractivity contribution in [2.24, 2.45) is 5.92 Å². The highest BCUT2D eigenvalue weighted by Gasteiger charge is 2.40. The Hall–Kier alpha value is -0.570. The van der Waals surface area contributed by atoms with Gasteiger partial charge in [0, 0.05) is 0 Å². The molecule has 16 heavy (non-hydrogen) atoms. The van der Waals surface area contributed by atoms with Gasteiger partial charge in [-0.2, -0.15) is 0 Å². The van der Waals surface area contributed by atoms with Crippen LogP contribution in [-0.4, -0.2) is 23.3 Å². The maximum atomic E-state index is 11.4. The molecule has 2 aliphatic carbocycles. The van der Waals surface area contributed by atoms with E-state index in [2.05, 4.69) is 0 Å². The van der Waals surface area contributed by atoms with Crippen molar-refractivity contribution in [3.05, 3.63) is 0 Å². The summed E-state index contributed by atoms with van der Waals surface area (Å²) in [5.74, 6) is -0.100. The number of hydrogen-bond acceptors (Lipinski definition) is 2. The van der Waals surface area contributed by atoms with E-state index in [0.29, 0.717) is 25.4 Å². The van der Waals surface area contributed by atoms with Gasteiger partial charge in [-0.15, -0.1) is 0 Å². The lowest BCUT2D eigenvalue weighted by atomic mass is 9.87. The van der Waals surface area contributed by atoms with Crippen LogP contribution in [0, 0.1) is 5.92 Å². The normalized spacial score (nSPS) is 25.8. The van der Waals surface area contributed by atoms with E-state index in [1.54, 1.807) is 0 Å². The molecule has 1 N–H and O–H groups in total. The summed E-state index contributed by atoms with van der Waals surface area (Å²) in [6.07, 6.45) is 9.39. The van der Waals surface area contributed by atoms with Gasteiger partial charge in [0.25, 0.3) is 0 Å². The molecule has 0 aliphatic heterocycles. The summed E-state index contributed by atoms with van der Waals surface area (Å²) in [6.45, 7) is 0.659. The minimum absolute atomic E-state index is 0.640. The summed E-state index contributed by atoms with van der Waals surface area (Å²) >= 11 is 0. The Morgan fingerprint density at radius 3 is 2.19 bits per heavy atom. The van der Waals surface area contributed by atoms with Gasteiger partial charge in [0.15, 0.2) is 5.60 Å². The standard InChI is InChI=1S/C13H22O3/c14-12(15)13(16-10-11-6-7-11)8-4-2-1-3-5-9-13/h11H,1-10H2,(H,14,15). The highest BCUT2D eigenvalue weighted by atomic mass is 16.5. The van der Waals surface area contributed by atoms with Gasteiger partial charge in [-0.05, 0) is 44.4 Å². The molecule has 0 aromatic carbocycles. The van der Waals surface area contributed by atoms with Crippen LogP contribution >= 0.6 is 0 Å². The van der Waals surface area contributed by atoms with E-state index in [1.807, 2.05) is 0 Å². The molecule has 2 saturated carbocycles. The number of hydrogen-bond donors (Lipinski definition) is 1. The predicted molar refractivity (Wildman–Crippen MR) is 61.4 cm³/mol. The van der Waals surface area contributed by atoms with Gasteiger partial charge in [-0.1, -0.05) is 19.3 Å². The summed E-state index contributed by atoms with van der Waals surface area (Å²) in [6, 6.07) is 0. The maximum absolute atomic E-state index is 11.4. The average Bonchev–Trinajstić information content (AvgIpc) is 3.00. The topological polar surface area (TPSA) is 46.5 Å². The summed E-state index contributed by atoms with van der Waals surface area (Å²) in [7, 11) is 0. The molecule has 0 saturated heterocycles. The van der Waals surface area contributed by atoms with Gasteiger partial charge in [0.1, 0.15) is 0 Å². The van der Waals surface area contributed by atoms with E-state index in [1.165, 1.54) is 19.3 Å². The zero-order chi connectivity index (χ0) is 11.4. The molecule has 2 fully saturated rings. The second-order valence-corrected chi connectivity index (χ2v) is 5.32. The third-order valence-corrected chi connectivity index (χ3v) is 3.84. The van der Waals surface area contributed by atoms with Crippen LogP contribution in [0.25, 0.3) is 0 Å². The van der Waals surface area contributed by atoms with Crippen LogP contribution in [0.2, 0.25) is 0 Å². The quantitative estimate of drug-likeness (QED) is 0.801. The second kappa shape index (κ2) is 5.17. The second-order valence-electron chi connectivity index (χ2n) is 5.32. The van der Waals surface area contributed by atoms with Crippen molar-refractivity contribution in [2.75, 3.05) is 6.61 Å². The van der Waals surface area contributed by atoms with Crippen molar-refractivity contribution in [1.29, 1.82) is 0 Å². The van der Waals surface area contributed by atoms with Crippen LogP contribution in [0.4, 0.5) is 0 Å². The minimum atomic E-state index is -0.858. The van der Waals surface area contributed by atoms with E-state index in [9.17, 15) is 9.90 Å². The van der Waals surface area contributed by atoms with E-state index in [-0.39, 0.29) is 0 Å². The average molecular weight is 226 g/mol. The van der Waals surface area contributed by atoms with Crippen molar-refractivity contribution in [1.82, 2.24) is 0 Å². The fraction of sp³-hybridized carbons (Fsp3) is 0.923. The van der Waals surface area contributed by atoms with Crippen LogP contribution in [0.3, 0.4) is 0 Å². The van der Waals surface area contributed by atoms with Gasteiger partial charge in [-0.3, -0.25) is 0 Å². The summed E-state index contributed by atoms with van der Waals surface area (Å²) < 4.78 is 5.79. The monoisotopic (exact) mass is 226 g/mol. The largest absolute Gasteiger partial charge is 0.479 e. The van der Waals surface area contributed by atoms with Gasteiger partial charge in [-0.25, -0.2) is 4.79 Å². The molecule has 2 rings (SSSR count). The van der Waals surface area contributed by atoms with Crippen molar-refractivity contribution >= 4 is 5.97 Å². The number of aliphatic carboxylic acids is 1. The van der Waals surface area contributed by atoms with E-state index < -0.39 is 11.6 Å². The van der Waals surface area contributed by atoms with E-state index in [4.69, 9.17) is 4.74 Å². The predicted octanol–water partition coefficient (Wildman–Crippen LogP) is 2.98. The lowest BCUT2D eigenvalue weighted by Gasteiger charge is -2.31. The molecule has 0 bridgehead atoms. The molecule has 0 radical (unpaired) electrons. The third kappa shape index (κ3) is 2.97. The molecule has 0 unspecified atom stereocenters. The first kappa shape index (κ1) is 11.9. The SMILES string of the molecule is O=C(O)C1(OCC2CC2)CCCCCCC1. The van der Waals surface area contributed by atoms with E-state index in [0.717, 1.165) is 25.7 Å². The molecule has 3 nitrogen and oxygen atoms in total. The molecule has 0 aromatic heterocycles. The van der Waals surface area contributed by atoms with E-state index >= 15 is 0 Å². The van der Waals surface area contributed by atoms with Crippen LogP contribution in [-0.2, 0) is 9.53 Å². The van der Waals surface area contributed by atoms with Crippen LogP contribution in [0.1, 0.15) is 57.8 Å². The van der Waals surface area contributed by atoms with Crippen LogP contribution < -0.4 is 0 Å². The van der Waals surface area contributed by atoms with Crippen molar-refractivity contribution in [3.8, 4) is 0 Å². The number of ether oxygens (including phenoxy) is 1. The molecule has 0 atom stereocenters. The Labute approximate surface area is 97.2 Å². The number of rotatable bonds is 4. The Morgan fingerprint density at radius 1 is 1.12 bits per heavy atom. The van der Waals surface area contributed by atoms with Crippen molar-refractivity contribution in [2.45, 2.75) is 63.4 Å². The Bertz CT molecular complexity index is 238. The molecule has 92 valence electrons. The molecule has 2 aliphatic rings. The van der Waals surface area contributed by atoms with Gasteiger partial charge >= 0.3 is 5.97 Å². The first-order chi connectivity index (χ1) is 7.73. The third-order valence-electron chi connectivity index (χ3n) is 3.84.